The molecule has 2 rings (SSSR count). The summed E-state index contributed by atoms with van der Waals surface area (Å²) in [6.07, 6.45) is -0.582. The monoisotopic (exact) mass is 599 g/mol. The summed E-state index contributed by atoms with van der Waals surface area (Å²) in [5.41, 5.74) is 1.64. The number of thiol groups is 1. The summed E-state index contributed by atoms with van der Waals surface area (Å²) in [6, 6.07) is 11.6. The molecule has 0 aliphatic rings. The molecule has 0 saturated carbocycles. The molecular weight excluding hydrogens is 554 g/mol. The van der Waals surface area contributed by atoms with Gasteiger partial charge in [0.1, 0.15) is 29.3 Å². The quantitative estimate of drug-likeness (QED) is 0.270. The first kappa shape index (κ1) is 34.7. The predicted molar refractivity (Wildman–Crippen MR) is 166 cm³/mol. The van der Waals surface area contributed by atoms with Gasteiger partial charge in [0.2, 0.25) is 11.8 Å². The fraction of sp³-hybridized carbons (Fsp3) is 0.500. The van der Waals surface area contributed by atoms with Crippen molar-refractivity contribution >= 4 is 36.5 Å². The van der Waals surface area contributed by atoms with Crippen LogP contribution >= 0.6 is 12.6 Å². The summed E-state index contributed by atoms with van der Waals surface area (Å²) in [7, 11) is 1.48. The van der Waals surface area contributed by atoms with Gasteiger partial charge < -0.3 is 25.0 Å². The smallest absolute Gasteiger partial charge is 0.408 e. The molecule has 0 aromatic heterocycles. The zero-order chi connectivity index (χ0) is 31.8. The summed E-state index contributed by atoms with van der Waals surface area (Å²) < 4.78 is 11.0. The van der Waals surface area contributed by atoms with Crippen molar-refractivity contribution < 1.29 is 28.7 Å². The number of ether oxygens (including phenoxy) is 2. The Morgan fingerprint density at radius 2 is 1.45 bits per heavy atom. The van der Waals surface area contributed by atoms with Gasteiger partial charge in [0.05, 0.1) is 0 Å². The van der Waals surface area contributed by atoms with E-state index in [4.69, 9.17) is 9.47 Å². The first-order valence-electron chi connectivity index (χ1n) is 13.9. The average molecular weight is 600 g/mol. The van der Waals surface area contributed by atoms with Crippen LogP contribution in [0.3, 0.4) is 0 Å². The zero-order valence-corrected chi connectivity index (χ0v) is 27.0. The third-order valence-electron chi connectivity index (χ3n) is 6.17. The van der Waals surface area contributed by atoms with Crippen LogP contribution in [0.4, 0.5) is 4.79 Å². The largest absolute Gasteiger partial charge is 0.458 e. The molecule has 9 nitrogen and oxygen atoms in total. The fourth-order valence-electron chi connectivity index (χ4n) is 4.33. The molecule has 42 heavy (non-hydrogen) atoms. The molecule has 2 aromatic rings. The second-order valence-corrected chi connectivity index (χ2v) is 12.7. The van der Waals surface area contributed by atoms with Crippen LogP contribution in [0.5, 0.6) is 0 Å². The van der Waals surface area contributed by atoms with Crippen molar-refractivity contribution in [2.24, 2.45) is 0 Å². The summed E-state index contributed by atoms with van der Waals surface area (Å²) in [4.78, 5) is 54.8. The van der Waals surface area contributed by atoms with E-state index in [2.05, 4.69) is 23.3 Å². The first-order chi connectivity index (χ1) is 19.4. The van der Waals surface area contributed by atoms with Crippen molar-refractivity contribution in [1.82, 2.24) is 15.5 Å². The van der Waals surface area contributed by atoms with Crippen LogP contribution in [0.1, 0.15) is 69.8 Å². The number of hydrogen-bond acceptors (Lipinski definition) is 7. The maximum Gasteiger partial charge on any atom is 0.408 e. The summed E-state index contributed by atoms with van der Waals surface area (Å²) in [6.45, 7) is 14.2. The van der Waals surface area contributed by atoms with Crippen molar-refractivity contribution in [2.75, 3.05) is 12.8 Å². The van der Waals surface area contributed by atoms with E-state index in [-0.39, 0.29) is 12.2 Å². The molecule has 0 heterocycles. The Morgan fingerprint density at radius 3 is 1.98 bits per heavy atom. The van der Waals surface area contributed by atoms with E-state index in [1.165, 1.54) is 11.9 Å². The Kier molecular flexibility index (Phi) is 12.0. The Labute approximate surface area is 255 Å². The molecule has 2 aromatic carbocycles. The van der Waals surface area contributed by atoms with Gasteiger partial charge in [0.15, 0.2) is 0 Å². The van der Waals surface area contributed by atoms with Crippen molar-refractivity contribution in [3.63, 3.8) is 0 Å². The highest BCUT2D eigenvalue weighted by Gasteiger charge is 2.37. The minimum atomic E-state index is -1.12. The van der Waals surface area contributed by atoms with Gasteiger partial charge in [0.25, 0.3) is 0 Å². The number of carbonyl (C=O) groups excluding carboxylic acids is 4. The van der Waals surface area contributed by atoms with Crippen molar-refractivity contribution in [3.8, 4) is 0 Å². The van der Waals surface area contributed by atoms with E-state index < -0.39 is 53.2 Å². The van der Waals surface area contributed by atoms with Crippen molar-refractivity contribution in [3.05, 3.63) is 70.8 Å². The van der Waals surface area contributed by atoms with Crippen LogP contribution < -0.4 is 10.6 Å². The minimum Gasteiger partial charge on any atom is -0.458 e. The predicted octanol–water partition coefficient (Wildman–Crippen LogP) is 4.70. The van der Waals surface area contributed by atoms with E-state index in [1.54, 1.807) is 47.6 Å². The van der Waals surface area contributed by atoms with E-state index in [9.17, 15) is 19.2 Å². The Balaban J connectivity index is 2.46. The number of likely N-dealkylation sites (N-methyl/N-ethyl adjacent to an activating group) is 1. The topological polar surface area (TPSA) is 114 Å². The van der Waals surface area contributed by atoms with Gasteiger partial charge in [-0.2, -0.15) is 12.6 Å². The third kappa shape index (κ3) is 10.7. The van der Waals surface area contributed by atoms with Crippen LogP contribution in [0.2, 0.25) is 0 Å². The molecule has 10 heteroatoms. The van der Waals surface area contributed by atoms with Crippen LogP contribution in [-0.2, 0) is 30.3 Å². The molecule has 0 fully saturated rings. The molecule has 3 unspecified atom stereocenters. The number of benzene rings is 2. The molecule has 230 valence electrons. The standard InChI is InChI=1S/C32H45N3O6S/c1-20-15-16-23(21(2)17-20)26(35(9)28(37)25(19-42)34-30(39)41-32(6,7)8)27(36)33-24(29(38)40-31(3,4)5)18-22-13-11-10-12-14-22/h10-17,24-26,42H,18-19H2,1-9H3,(H,33,36)(H,34,39). The lowest BCUT2D eigenvalue weighted by Gasteiger charge is -2.33. The Hall–Kier alpha value is -3.53. The van der Waals surface area contributed by atoms with Gasteiger partial charge in [-0.1, -0.05) is 54.1 Å². The van der Waals surface area contributed by atoms with Crippen LogP contribution in [0.15, 0.2) is 48.5 Å². The minimum absolute atomic E-state index is 0.0296. The Bertz CT molecular complexity index is 1250. The van der Waals surface area contributed by atoms with E-state index >= 15 is 0 Å². The number of alkyl carbamates (subject to hydrolysis) is 1. The molecule has 3 atom stereocenters. The maximum atomic E-state index is 14.1. The highest BCUT2D eigenvalue weighted by molar-refractivity contribution is 7.80. The zero-order valence-electron chi connectivity index (χ0n) is 26.1. The van der Waals surface area contributed by atoms with Gasteiger partial charge >= 0.3 is 12.1 Å². The number of hydrogen-bond donors (Lipinski definition) is 3. The molecular formula is C32H45N3O6S. The van der Waals surface area contributed by atoms with Crippen LogP contribution in [-0.4, -0.2) is 64.9 Å². The van der Waals surface area contributed by atoms with Crippen LogP contribution in [0, 0.1) is 13.8 Å². The fourth-order valence-corrected chi connectivity index (χ4v) is 4.58. The molecule has 2 N–H and O–H groups in total. The maximum absolute atomic E-state index is 14.1. The lowest BCUT2D eigenvalue weighted by molar-refractivity contribution is -0.159. The second kappa shape index (κ2) is 14.6. The van der Waals surface area contributed by atoms with Gasteiger partial charge in [-0.3, -0.25) is 9.59 Å². The number of amides is 3. The van der Waals surface area contributed by atoms with Crippen LogP contribution in [0.25, 0.3) is 0 Å². The second-order valence-electron chi connectivity index (χ2n) is 12.4. The normalized spacial score (nSPS) is 13.8. The average Bonchev–Trinajstić information content (AvgIpc) is 2.86. The third-order valence-corrected chi connectivity index (χ3v) is 6.53. The molecule has 3 amide bonds. The first-order valence-corrected chi connectivity index (χ1v) is 14.6. The Morgan fingerprint density at radius 1 is 0.857 bits per heavy atom. The van der Waals surface area contributed by atoms with E-state index in [1.807, 2.05) is 56.3 Å². The number of nitrogens with one attached hydrogen (secondary N) is 2. The van der Waals surface area contributed by atoms with Gasteiger partial charge in [-0.25, -0.2) is 9.59 Å². The lowest BCUT2D eigenvalue weighted by atomic mass is 9.96. The summed E-state index contributed by atoms with van der Waals surface area (Å²) in [5, 5.41) is 5.41. The highest BCUT2D eigenvalue weighted by atomic mass is 32.1. The molecule has 0 bridgehead atoms. The van der Waals surface area contributed by atoms with E-state index in [0.717, 1.165) is 16.7 Å². The van der Waals surface area contributed by atoms with Crippen molar-refractivity contribution in [1.29, 1.82) is 0 Å². The SMILES string of the molecule is Cc1ccc(C(C(=O)NC(Cc2ccccc2)C(=O)OC(C)(C)C)N(C)C(=O)C(CS)NC(=O)OC(C)(C)C)c(C)c1. The summed E-state index contributed by atoms with van der Waals surface area (Å²) >= 11 is 4.27. The van der Waals surface area contributed by atoms with Crippen molar-refractivity contribution in [2.45, 2.75) is 91.1 Å². The molecule has 0 radical (unpaired) electrons. The van der Waals surface area contributed by atoms with E-state index in [0.29, 0.717) is 5.56 Å². The lowest BCUT2D eigenvalue weighted by Crippen LogP contribution is -2.54. The molecule has 0 aliphatic carbocycles. The number of nitrogens with zero attached hydrogens (tertiary/aromatic N) is 1. The number of esters is 1. The molecule has 0 saturated heterocycles. The van der Waals surface area contributed by atoms with Gasteiger partial charge in [-0.05, 0) is 72.1 Å². The number of carbonyl (C=O) groups is 4. The molecule has 0 aliphatic heterocycles. The van der Waals surface area contributed by atoms with Gasteiger partial charge in [0, 0.05) is 19.2 Å². The number of rotatable bonds is 10. The molecule has 0 spiro atoms. The highest BCUT2D eigenvalue weighted by Crippen LogP contribution is 2.26. The number of aryl methyl sites for hydroxylation is 2. The van der Waals surface area contributed by atoms with Gasteiger partial charge in [-0.15, -0.1) is 0 Å². The summed E-state index contributed by atoms with van der Waals surface area (Å²) in [5.74, 6) is -1.74.